The van der Waals surface area contributed by atoms with E-state index in [1.165, 1.54) is 25.5 Å². The van der Waals surface area contributed by atoms with Gasteiger partial charge < -0.3 is 18.9 Å². The lowest BCUT2D eigenvalue weighted by atomic mass is 10.2. The van der Waals surface area contributed by atoms with Gasteiger partial charge in [-0.15, -0.1) is 0 Å². The van der Waals surface area contributed by atoms with Gasteiger partial charge in [0.1, 0.15) is 12.4 Å². The lowest BCUT2D eigenvalue weighted by Gasteiger charge is -2.13. The molecule has 0 aliphatic carbocycles. The zero-order valence-corrected chi connectivity index (χ0v) is 21.9. The number of benzene rings is 3. The molecule has 0 unspecified atom stereocenters. The Kier molecular flexibility index (Phi) is 10.1. The standard InChI is InChI=1S/C27H28BrFN2O5/c1-4-12-35-23-11-8-20(15-24(23)34-5-2)27(32)31-30-16-19-13-22(28)26(25(14-19)33-3)36-17-18-6-9-21(29)10-7-18/h6-11,13-16H,4-5,12,17H2,1-3H3,(H,31,32)/b30-16+. The van der Waals surface area contributed by atoms with Gasteiger partial charge in [0.25, 0.3) is 5.91 Å². The summed E-state index contributed by atoms with van der Waals surface area (Å²) < 4.78 is 36.4. The number of hydrogen-bond acceptors (Lipinski definition) is 6. The number of carbonyl (C=O) groups is 1. The number of hydrogen-bond donors (Lipinski definition) is 1. The highest BCUT2D eigenvalue weighted by molar-refractivity contribution is 9.10. The molecule has 1 N–H and O–H groups in total. The Bertz CT molecular complexity index is 1200. The fraction of sp³-hybridized carbons (Fsp3) is 0.259. The topological polar surface area (TPSA) is 78.4 Å². The molecule has 0 fully saturated rings. The molecule has 0 saturated heterocycles. The molecule has 0 bridgehead atoms. The summed E-state index contributed by atoms with van der Waals surface area (Å²) in [7, 11) is 1.53. The quantitative estimate of drug-likeness (QED) is 0.214. The number of nitrogens with zero attached hydrogens (tertiary/aromatic N) is 1. The number of rotatable bonds is 12. The zero-order valence-electron chi connectivity index (χ0n) is 20.3. The van der Waals surface area contributed by atoms with Crippen LogP contribution in [0.3, 0.4) is 0 Å². The molecule has 0 aliphatic rings. The molecule has 190 valence electrons. The highest BCUT2D eigenvalue weighted by Crippen LogP contribution is 2.37. The normalized spacial score (nSPS) is 10.8. The van der Waals surface area contributed by atoms with Crippen LogP contribution in [-0.4, -0.2) is 32.4 Å². The van der Waals surface area contributed by atoms with Gasteiger partial charge in [-0.2, -0.15) is 5.10 Å². The molecule has 3 rings (SSSR count). The van der Waals surface area contributed by atoms with Crippen LogP contribution in [0.4, 0.5) is 4.39 Å². The first kappa shape index (κ1) is 27.0. The molecular weight excluding hydrogens is 531 g/mol. The lowest BCUT2D eigenvalue weighted by molar-refractivity contribution is 0.0954. The van der Waals surface area contributed by atoms with Gasteiger partial charge in [0.05, 0.1) is 31.0 Å². The lowest BCUT2D eigenvalue weighted by Crippen LogP contribution is -2.17. The molecule has 3 aromatic carbocycles. The molecule has 1 amide bonds. The summed E-state index contributed by atoms with van der Waals surface area (Å²) in [5.74, 6) is 1.38. The smallest absolute Gasteiger partial charge is 0.271 e. The van der Waals surface area contributed by atoms with E-state index in [0.29, 0.717) is 51.8 Å². The van der Waals surface area contributed by atoms with E-state index in [4.69, 9.17) is 18.9 Å². The van der Waals surface area contributed by atoms with Crippen molar-refractivity contribution in [2.75, 3.05) is 20.3 Å². The van der Waals surface area contributed by atoms with Crippen LogP contribution in [0.5, 0.6) is 23.0 Å². The molecule has 0 aromatic heterocycles. The van der Waals surface area contributed by atoms with Crippen LogP contribution >= 0.6 is 15.9 Å². The van der Waals surface area contributed by atoms with Crippen LogP contribution in [0.2, 0.25) is 0 Å². The third-order valence-corrected chi connectivity index (χ3v) is 5.48. The molecule has 0 saturated carbocycles. The maximum atomic E-state index is 13.1. The number of halogens is 2. The van der Waals surface area contributed by atoms with Crippen molar-refractivity contribution >= 4 is 28.1 Å². The van der Waals surface area contributed by atoms with Gasteiger partial charge in [-0.05, 0) is 82.9 Å². The zero-order chi connectivity index (χ0) is 25.9. The van der Waals surface area contributed by atoms with Crippen molar-refractivity contribution in [3.8, 4) is 23.0 Å². The molecule has 0 spiro atoms. The van der Waals surface area contributed by atoms with Crippen LogP contribution in [-0.2, 0) is 6.61 Å². The van der Waals surface area contributed by atoms with Crippen molar-refractivity contribution in [2.45, 2.75) is 26.9 Å². The Morgan fingerprint density at radius 2 is 1.78 bits per heavy atom. The van der Waals surface area contributed by atoms with E-state index >= 15 is 0 Å². The highest BCUT2D eigenvalue weighted by Gasteiger charge is 2.13. The van der Waals surface area contributed by atoms with Crippen molar-refractivity contribution in [1.29, 1.82) is 0 Å². The second-order valence-electron chi connectivity index (χ2n) is 7.59. The molecule has 9 heteroatoms. The number of nitrogens with one attached hydrogen (secondary N) is 1. The van der Waals surface area contributed by atoms with Crippen molar-refractivity contribution in [3.05, 3.63) is 81.6 Å². The summed E-state index contributed by atoms with van der Waals surface area (Å²) in [6.45, 7) is 5.14. The summed E-state index contributed by atoms with van der Waals surface area (Å²) in [5.41, 5.74) is 4.40. The number of amides is 1. The van der Waals surface area contributed by atoms with Crippen LogP contribution in [0.25, 0.3) is 0 Å². The van der Waals surface area contributed by atoms with E-state index in [1.54, 1.807) is 42.5 Å². The van der Waals surface area contributed by atoms with E-state index in [-0.39, 0.29) is 18.3 Å². The minimum Gasteiger partial charge on any atom is -0.493 e. The van der Waals surface area contributed by atoms with Gasteiger partial charge in [-0.25, -0.2) is 9.82 Å². The molecule has 0 radical (unpaired) electrons. The largest absolute Gasteiger partial charge is 0.493 e. The molecule has 7 nitrogen and oxygen atoms in total. The van der Waals surface area contributed by atoms with Crippen molar-refractivity contribution in [3.63, 3.8) is 0 Å². The summed E-state index contributed by atoms with van der Waals surface area (Å²) in [6, 6.07) is 14.6. The van der Waals surface area contributed by atoms with Crippen LogP contribution in [0.15, 0.2) is 64.2 Å². The minimum atomic E-state index is -0.389. The maximum absolute atomic E-state index is 13.1. The average molecular weight is 559 g/mol. The summed E-state index contributed by atoms with van der Waals surface area (Å²) in [6.07, 6.45) is 2.36. The van der Waals surface area contributed by atoms with Crippen LogP contribution in [0, 0.1) is 5.82 Å². The Morgan fingerprint density at radius 1 is 1.00 bits per heavy atom. The predicted octanol–water partition coefficient (Wildman–Crippen LogP) is 6.13. The molecule has 0 atom stereocenters. The molecule has 3 aromatic rings. The number of hydrazone groups is 1. The number of carbonyl (C=O) groups excluding carboxylic acids is 1. The van der Waals surface area contributed by atoms with Gasteiger partial charge >= 0.3 is 0 Å². The second-order valence-corrected chi connectivity index (χ2v) is 8.45. The molecule has 0 aliphatic heterocycles. The Labute approximate surface area is 218 Å². The first-order chi connectivity index (χ1) is 17.4. The van der Waals surface area contributed by atoms with Crippen LogP contribution in [0.1, 0.15) is 41.8 Å². The van der Waals surface area contributed by atoms with Gasteiger partial charge in [-0.3, -0.25) is 4.79 Å². The molecule has 0 heterocycles. The van der Waals surface area contributed by atoms with Gasteiger partial charge in [-0.1, -0.05) is 19.1 Å². The Morgan fingerprint density at radius 3 is 2.47 bits per heavy atom. The third kappa shape index (κ3) is 7.45. The van der Waals surface area contributed by atoms with E-state index in [0.717, 1.165) is 12.0 Å². The first-order valence-electron chi connectivity index (χ1n) is 11.4. The summed E-state index contributed by atoms with van der Waals surface area (Å²) >= 11 is 3.49. The van der Waals surface area contributed by atoms with Crippen molar-refractivity contribution in [1.82, 2.24) is 5.43 Å². The first-order valence-corrected chi connectivity index (χ1v) is 12.2. The Hall–Kier alpha value is -3.59. The minimum absolute atomic E-state index is 0.241. The van der Waals surface area contributed by atoms with Gasteiger partial charge in [0.15, 0.2) is 23.0 Å². The van der Waals surface area contributed by atoms with Gasteiger partial charge in [0.2, 0.25) is 0 Å². The highest BCUT2D eigenvalue weighted by atomic mass is 79.9. The van der Waals surface area contributed by atoms with E-state index in [1.807, 2.05) is 13.8 Å². The molecule has 36 heavy (non-hydrogen) atoms. The SMILES string of the molecule is CCCOc1ccc(C(=O)N/N=C/c2cc(Br)c(OCc3ccc(F)cc3)c(OC)c2)cc1OCC. The van der Waals surface area contributed by atoms with E-state index in [2.05, 4.69) is 26.5 Å². The van der Waals surface area contributed by atoms with Crippen LogP contribution < -0.4 is 24.4 Å². The third-order valence-electron chi connectivity index (χ3n) is 4.90. The number of methoxy groups -OCH3 is 1. The Balaban J connectivity index is 1.67. The van der Waals surface area contributed by atoms with Crippen molar-refractivity contribution < 1.29 is 28.1 Å². The fourth-order valence-corrected chi connectivity index (χ4v) is 3.74. The summed E-state index contributed by atoms with van der Waals surface area (Å²) in [5, 5.41) is 4.06. The predicted molar refractivity (Wildman–Crippen MR) is 140 cm³/mol. The van der Waals surface area contributed by atoms with E-state index < -0.39 is 0 Å². The summed E-state index contributed by atoms with van der Waals surface area (Å²) in [4.78, 5) is 12.6. The van der Waals surface area contributed by atoms with Crippen molar-refractivity contribution in [2.24, 2.45) is 5.10 Å². The van der Waals surface area contributed by atoms with E-state index in [9.17, 15) is 9.18 Å². The molecular formula is C27H28BrFN2O5. The maximum Gasteiger partial charge on any atom is 0.271 e. The second kappa shape index (κ2) is 13.5. The van der Waals surface area contributed by atoms with Gasteiger partial charge in [0, 0.05) is 5.56 Å². The monoisotopic (exact) mass is 558 g/mol. The fourth-order valence-electron chi connectivity index (χ4n) is 3.17. The number of ether oxygens (including phenoxy) is 4. The average Bonchev–Trinajstić information content (AvgIpc) is 2.88.